The summed E-state index contributed by atoms with van der Waals surface area (Å²) in [6, 6.07) is 1.61. The molecule has 0 radical (unpaired) electrons. The van der Waals surface area contributed by atoms with Crippen molar-refractivity contribution in [3.63, 3.8) is 0 Å². The third kappa shape index (κ3) is 2.25. The van der Waals surface area contributed by atoms with Gasteiger partial charge in [0.1, 0.15) is 5.82 Å². The van der Waals surface area contributed by atoms with Gasteiger partial charge < -0.3 is 0 Å². The first kappa shape index (κ1) is 10.1. The molecule has 0 amide bonds. The van der Waals surface area contributed by atoms with Gasteiger partial charge in [-0.15, -0.1) is 11.6 Å². The van der Waals surface area contributed by atoms with Gasteiger partial charge in [0.05, 0.1) is 0 Å². The molecule has 0 aliphatic rings. The fraction of sp³-hybridized carbons (Fsp3) is 0.111. The highest BCUT2D eigenvalue weighted by molar-refractivity contribution is 6.19. The van der Waals surface area contributed by atoms with E-state index in [4.69, 9.17) is 11.6 Å². The van der Waals surface area contributed by atoms with Crippen molar-refractivity contribution in [2.75, 3.05) is 5.88 Å². The van der Waals surface area contributed by atoms with Gasteiger partial charge >= 0.3 is 0 Å². The molecule has 0 saturated carbocycles. The summed E-state index contributed by atoms with van der Waals surface area (Å²) in [5, 5.41) is 0. The first-order valence-corrected chi connectivity index (χ1v) is 4.06. The van der Waals surface area contributed by atoms with Crippen molar-refractivity contribution in [3.8, 4) is 0 Å². The van der Waals surface area contributed by atoms with Gasteiger partial charge in [-0.2, -0.15) is 0 Å². The van der Waals surface area contributed by atoms with Crippen LogP contribution in [-0.2, 0) is 0 Å². The minimum atomic E-state index is -1.19. The molecule has 4 heteroatoms. The molecule has 0 unspecified atom stereocenters. The average molecular weight is 207 g/mol. The van der Waals surface area contributed by atoms with Crippen LogP contribution in [0.25, 0.3) is 6.08 Å². The summed E-state index contributed by atoms with van der Waals surface area (Å²) in [6.45, 7) is 0. The smallest absolute Gasteiger partial charge is 0.168 e. The van der Waals surface area contributed by atoms with Crippen molar-refractivity contribution in [2.24, 2.45) is 0 Å². The average Bonchev–Trinajstić information content (AvgIpc) is 2.12. The largest absolute Gasteiger partial charge is 0.206 e. The third-order valence-electron chi connectivity index (χ3n) is 1.45. The van der Waals surface area contributed by atoms with E-state index in [-0.39, 0.29) is 5.88 Å². The van der Waals surface area contributed by atoms with Crippen molar-refractivity contribution in [1.82, 2.24) is 0 Å². The van der Waals surface area contributed by atoms with Gasteiger partial charge in [-0.3, -0.25) is 0 Å². The second-order valence-corrected chi connectivity index (χ2v) is 2.62. The highest BCUT2D eigenvalue weighted by Gasteiger charge is 2.10. The molecule has 0 saturated heterocycles. The SMILES string of the molecule is Fc1ccc(F)c(C=CCCl)c1F. The number of alkyl halides is 1. The molecule has 1 aromatic rings. The van der Waals surface area contributed by atoms with E-state index in [1.54, 1.807) is 0 Å². The van der Waals surface area contributed by atoms with Crippen molar-refractivity contribution < 1.29 is 13.2 Å². The molecule has 0 aliphatic carbocycles. The van der Waals surface area contributed by atoms with Gasteiger partial charge in [0, 0.05) is 11.4 Å². The Hall–Kier alpha value is -0.960. The summed E-state index contributed by atoms with van der Waals surface area (Å²) in [6.07, 6.45) is 2.45. The van der Waals surface area contributed by atoms with Crippen LogP contribution in [0.1, 0.15) is 5.56 Å². The normalized spacial score (nSPS) is 11.1. The zero-order valence-corrected chi connectivity index (χ0v) is 7.28. The number of rotatable bonds is 2. The second-order valence-electron chi connectivity index (χ2n) is 2.31. The number of benzene rings is 1. The second kappa shape index (κ2) is 4.33. The summed E-state index contributed by atoms with van der Waals surface area (Å²) >= 11 is 5.27. The molecular weight excluding hydrogens is 201 g/mol. The molecule has 0 heterocycles. The van der Waals surface area contributed by atoms with E-state index in [0.29, 0.717) is 0 Å². The minimum Gasteiger partial charge on any atom is -0.206 e. The molecule has 0 atom stereocenters. The summed E-state index contributed by atoms with van der Waals surface area (Å²) in [5.41, 5.74) is -0.402. The van der Waals surface area contributed by atoms with Gasteiger partial charge in [-0.25, -0.2) is 13.2 Å². The zero-order chi connectivity index (χ0) is 9.84. The molecule has 1 aromatic carbocycles. The molecule has 0 bridgehead atoms. The molecule has 0 spiro atoms. The number of allylic oxidation sites excluding steroid dienone is 1. The van der Waals surface area contributed by atoms with Crippen LogP contribution >= 0.6 is 11.6 Å². The molecule has 1 rings (SSSR count). The van der Waals surface area contributed by atoms with E-state index in [9.17, 15) is 13.2 Å². The van der Waals surface area contributed by atoms with Gasteiger partial charge in [0.15, 0.2) is 11.6 Å². The first-order valence-electron chi connectivity index (χ1n) is 3.53. The van der Waals surface area contributed by atoms with Crippen LogP contribution in [0, 0.1) is 17.5 Å². The Balaban J connectivity index is 3.17. The van der Waals surface area contributed by atoms with Crippen molar-refractivity contribution >= 4 is 17.7 Å². The zero-order valence-electron chi connectivity index (χ0n) is 6.53. The Morgan fingerprint density at radius 3 is 2.38 bits per heavy atom. The maximum atomic E-state index is 12.9. The molecule has 0 N–H and O–H groups in total. The summed E-state index contributed by atoms with van der Waals surface area (Å²) in [7, 11) is 0. The molecule has 0 aliphatic heterocycles. The topological polar surface area (TPSA) is 0 Å². The Labute approximate surface area is 78.6 Å². The number of halogens is 4. The lowest BCUT2D eigenvalue weighted by Crippen LogP contribution is -1.92. The maximum Gasteiger partial charge on any atom is 0.168 e. The standard InChI is InChI=1S/C9H6ClF3/c10-5-1-2-6-7(11)3-4-8(12)9(6)13/h1-4H,5H2. The lowest BCUT2D eigenvalue weighted by atomic mass is 10.2. The summed E-state index contributed by atoms with van der Waals surface area (Å²) in [4.78, 5) is 0. The quantitative estimate of drug-likeness (QED) is 0.514. The first-order chi connectivity index (χ1) is 6.16. The van der Waals surface area contributed by atoms with Crippen LogP contribution < -0.4 is 0 Å². The third-order valence-corrected chi connectivity index (χ3v) is 1.63. The predicted octanol–water partition coefficient (Wildman–Crippen LogP) is 3.36. The van der Waals surface area contributed by atoms with Crippen LogP contribution in [-0.4, -0.2) is 5.88 Å². The Bertz CT molecular complexity index is 334. The number of hydrogen-bond donors (Lipinski definition) is 0. The maximum absolute atomic E-state index is 12.9. The summed E-state index contributed by atoms with van der Waals surface area (Å²) in [5.74, 6) is -2.95. The highest BCUT2D eigenvalue weighted by Crippen LogP contribution is 2.17. The van der Waals surface area contributed by atoms with Gasteiger partial charge in [-0.1, -0.05) is 12.2 Å². The highest BCUT2D eigenvalue weighted by atomic mass is 35.5. The van der Waals surface area contributed by atoms with Crippen LogP contribution in [0.5, 0.6) is 0 Å². The Morgan fingerprint density at radius 2 is 1.77 bits per heavy atom. The molecule has 0 aromatic heterocycles. The van der Waals surface area contributed by atoms with E-state index in [0.717, 1.165) is 18.2 Å². The molecule has 0 nitrogen and oxygen atoms in total. The molecule has 13 heavy (non-hydrogen) atoms. The van der Waals surface area contributed by atoms with Crippen LogP contribution in [0.3, 0.4) is 0 Å². The van der Waals surface area contributed by atoms with Crippen LogP contribution in [0.2, 0.25) is 0 Å². The Morgan fingerprint density at radius 1 is 1.15 bits per heavy atom. The van der Waals surface area contributed by atoms with E-state index in [2.05, 4.69) is 0 Å². The van der Waals surface area contributed by atoms with Crippen molar-refractivity contribution in [1.29, 1.82) is 0 Å². The van der Waals surface area contributed by atoms with E-state index in [1.807, 2.05) is 0 Å². The van der Waals surface area contributed by atoms with Gasteiger partial charge in [-0.05, 0) is 12.1 Å². The van der Waals surface area contributed by atoms with E-state index >= 15 is 0 Å². The van der Waals surface area contributed by atoms with E-state index in [1.165, 1.54) is 6.08 Å². The van der Waals surface area contributed by atoms with Crippen molar-refractivity contribution in [3.05, 3.63) is 41.2 Å². The molecular formula is C9H6ClF3. The van der Waals surface area contributed by atoms with Crippen molar-refractivity contribution in [2.45, 2.75) is 0 Å². The predicted molar refractivity (Wildman–Crippen MR) is 46.1 cm³/mol. The minimum absolute atomic E-state index is 0.120. The molecule has 0 fully saturated rings. The Kier molecular flexibility index (Phi) is 3.37. The monoisotopic (exact) mass is 206 g/mol. The molecule has 70 valence electrons. The fourth-order valence-corrected chi connectivity index (χ4v) is 0.947. The summed E-state index contributed by atoms with van der Waals surface area (Å²) < 4.78 is 38.3. The fourth-order valence-electron chi connectivity index (χ4n) is 0.858. The number of hydrogen-bond acceptors (Lipinski definition) is 0. The lowest BCUT2D eigenvalue weighted by molar-refractivity contribution is 0.492. The van der Waals surface area contributed by atoms with Crippen LogP contribution in [0.4, 0.5) is 13.2 Å². The van der Waals surface area contributed by atoms with Gasteiger partial charge in [0.2, 0.25) is 0 Å². The van der Waals surface area contributed by atoms with E-state index < -0.39 is 23.0 Å². The lowest BCUT2D eigenvalue weighted by Gasteiger charge is -1.99. The van der Waals surface area contributed by atoms with Gasteiger partial charge in [0.25, 0.3) is 0 Å². The van der Waals surface area contributed by atoms with Crippen LogP contribution in [0.15, 0.2) is 18.2 Å².